The maximum atomic E-state index is 12.2. The fourth-order valence-electron chi connectivity index (χ4n) is 2.59. The van der Waals surface area contributed by atoms with Crippen molar-refractivity contribution >= 4 is 35.1 Å². The number of carbonyl (C=O) groups is 2. The van der Waals surface area contributed by atoms with Crippen molar-refractivity contribution in [2.24, 2.45) is 5.10 Å². The van der Waals surface area contributed by atoms with Gasteiger partial charge in [0.2, 0.25) is 0 Å². The second-order valence-corrected chi connectivity index (χ2v) is 7.26. The van der Waals surface area contributed by atoms with Crippen LogP contribution in [0.15, 0.2) is 65.1 Å². The number of benzene rings is 2. The number of ether oxygens (including phenoxy) is 3. The van der Waals surface area contributed by atoms with Crippen molar-refractivity contribution in [2.75, 3.05) is 13.2 Å². The zero-order valence-electron chi connectivity index (χ0n) is 17.4. The number of nitro groups is 1. The first-order valence-corrected chi connectivity index (χ1v) is 10.6. The molecule has 0 atom stereocenters. The number of hydrazone groups is 1. The molecular weight excluding hydrogens is 450 g/mol. The average Bonchev–Trinajstić information content (AvgIpc) is 3.35. The van der Waals surface area contributed by atoms with E-state index in [0.29, 0.717) is 22.8 Å². The lowest BCUT2D eigenvalue weighted by molar-refractivity contribution is -0.385. The lowest BCUT2D eigenvalue weighted by atomic mass is 10.2. The van der Waals surface area contributed by atoms with Crippen LogP contribution in [0.3, 0.4) is 0 Å². The third-order valence-electron chi connectivity index (χ3n) is 4.02. The number of nitro benzene ring substituents is 1. The molecule has 3 aromatic rings. The van der Waals surface area contributed by atoms with Gasteiger partial charge in [-0.05, 0) is 48.2 Å². The smallest absolute Gasteiger partial charge is 0.353 e. The maximum absolute atomic E-state index is 12.2. The minimum Gasteiger partial charge on any atom is -0.490 e. The molecule has 0 saturated heterocycles. The lowest BCUT2D eigenvalue weighted by Gasteiger charge is -2.10. The molecule has 1 heterocycles. The molecule has 1 amide bonds. The molecule has 0 saturated carbocycles. The fourth-order valence-corrected chi connectivity index (χ4v) is 3.19. The van der Waals surface area contributed by atoms with E-state index in [1.807, 2.05) is 0 Å². The van der Waals surface area contributed by atoms with Crippen LogP contribution >= 0.6 is 11.3 Å². The van der Waals surface area contributed by atoms with E-state index in [-0.39, 0.29) is 17.2 Å². The highest BCUT2D eigenvalue weighted by Crippen LogP contribution is 2.29. The van der Waals surface area contributed by atoms with Gasteiger partial charge in [-0.25, -0.2) is 10.2 Å². The van der Waals surface area contributed by atoms with Gasteiger partial charge in [0.05, 0.1) is 17.7 Å². The number of rotatable bonds is 10. The summed E-state index contributed by atoms with van der Waals surface area (Å²) in [4.78, 5) is 35.0. The summed E-state index contributed by atoms with van der Waals surface area (Å²) in [6.07, 6.45) is 1.37. The van der Waals surface area contributed by atoms with E-state index in [9.17, 15) is 19.7 Å². The number of thiophene rings is 1. The minimum absolute atomic E-state index is 0.0179. The summed E-state index contributed by atoms with van der Waals surface area (Å²) >= 11 is 1.27. The van der Waals surface area contributed by atoms with Crippen molar-refractivity contribution in [2.45, 2.75) is 6.92 Å². The summed E-state index contributed by atoms with van der Waals surface area (Å²) in [5.41, 5.74) is 2.62. The Bertz CT molecular complexity index is 1160. The summed E-state index contributed by atoms with van der Waals surface area (Å²) in [7, 11) is 0. The third kappa shape index (κ3) is 6.61. The monoisotopic (exact) mass is 469 g/mol. The second kappa shape index (κ2) is 11.4. The van der Waals surface area contributed by atoms with E-state index >= 15 is 0 Å². The van der Waals surface area contributed by atoms with E-state index < -0.39 is 23.4 Å². The van der Waals surface area contributed by atoms with Crippen LogP contribution in [0.4, 0.5) is 5.69 Å². The fraction of sp³-hybridized carbons (Fsp3) is 0.136. The maximum Gasteiger partial charge on any atom is 0.353 e. The van der Waals surface area contributed by atoms with E-state index in [0.717, 1.165) is 0 Å². The highest BCUT2D eigenvalue weighted by molar-refractivity contribution is 7.12. The first-order valence-electron chi connectivity index (χ1n) is 9.68. The van der Waals surface area contributed by atoms with Gasteiger partial charge in [-0.2, -0.15) is 5.10 Å². The van der Waals surface area contributed by atoms with Gasteiger partial charge in [0.15, 0.2) is 23.9 Å². The molecule has 0 spiro atoms. The van der Waals surface area contributed by atoms with Gasteiger partial charge in [-0.1, -0.05) is 18.2 Å². The normalized spacial score (nSPS) is 10.6. The Morgan fingerprint density at radius 2 is 1.91 bits per heavy atom. The Kier molecular flexibility index (Phi) is 8.08. The molecule has 3 rings (SSSR count). The molecule has 0 bridgehead atoms. The first kappa shape index (κ1) is 23.4. The van der Waals surface area contributed by atoms with Gasteiger partial charge >= 0.3 is 11.7 Å². The Hall–Kier alpha value is -4.25. The van der Waals surface area contributed by atoms with E-state index in [4.69, 9.17) is 14.2 Å². The number of hydrogen-bond donors (Lipinski definition) is 1. The van der Waals surface area contributed by atoms with E-state index in [2.05, 4.69) is 10.5 Å². The predicted molar refractivity (Wildman–Crippen MR) is 121 cm³/mol. The highest BCUT2D eigenvalue weighted by atomic mass is 32.1. The van der Waals surface area contributed by atoms with E-state index in [1.165, 1.54) is 35.8 Å². The number of para-hydroxylation sites is 2. The van der Waals surface area contributed by atoms with Gasteiger partial charge in [-0.15, -0.1) is 11.3 Å². The average molecular weight is 469 g/mol. The van der Waals surface area contributed by atoms with Gasteiger partial charge in [0.25, 0.3) is 5.91 Å². The SMILES string of the molecule is CCOc1cc(/C=N\NC(=O)COc2ccccc2[N+](=O)[O-])ccc1OC(=O)c1cccs1. The molecule has 33 heavy (non-hydrogen) atoms. The van der Waals surface area contributed by atoms with E-state index in [1.54, 1.807) is 48.7 Å². The molecule has 0 aliphatic carbocycles. The second-order valence-electron chi connectivity index (χ2n) is 6.31. The molecule has 2 aromatic carbocycles. The van der Waals surface area contributed by atoms with Crippen LogP contribution in [0.5, 0.6) is 17.2 Å². The number of esters is 1. The van der Waals surface area contributed by atoms with Gasteiger partial charge < -0.3 is 14.2 Å². The molecule has 1 aromatic heterocycles. The zero-order chi connectivity index (χ0) is 23.6. The number of hydrogen-bond acceptors (Lipinski definition) is 9. The quantitative estimate of drug-likeness (QED) is 0.157. The standard InChI is InChI=1S/C22H19N3O7S/c1-2-30-19-12-15(9-10-18(19)32-22(27)20-8-5-11-33-20)13-23-24-21(26)14-31-17-7-4-3-6-16(17)25(28)29/h3-13H,2,14H2,1H3,(H,24,26)/b23-13-. The molecule has 0 radical (unpaired) electrons. The Balaban J connectivity index is 1.59. The molecule has 0 fully saturated rings. The molecular formula is C22H19N3O7S. The number of carbonyl (C=O) groups excluding carboxylic acids is 2. The molecule has 170 valence electrons. The van der Waals surface area contributed by atoms with Crippen LogP contribution in [0.2, 0.25) is 0 Å². The van der Waals surface area contributed by atoms with Crippen molar-refractivity contribution in [3.8, 4) is 17.2 Å². The zero-order valence-corrected chi connectivity index (χ0v) is 18.2. The number of nitrogens with zero attached hydrogens (tertiary/aromatic N) is 2. The highest BCUT2D eigenvalue weighted by Gasteiger charge is 2.15. The summed E-state index contributed by atoms with van der Waals surface area (Å²) in [5, 5.41) is 16.6. The largest absolute Gasteiger partial charge is 0.490 e. The van der Waals surface area contributed by atoms with Crippen molar-refractivity contribution in [3.05, 3.63) is 80.5 Å². The molecule has 11 heteroatoms. The molecule has 0 unspecified atom stereocenters. The van der Waals surface area contributed by atoms with Crippen LogP contribution < -0.4 is 19.6 Å². The number of amides is 1. The van der Waals surface area contributed by atoms with Crippen molar-refractivity contribution in [1.29, 1.82) is 0 Å². The Morgan fingerprint density at radius 1 is 1.09 bits per heavy atom. The van der Waals surface area contributed by atoms with Crippen molar-refractivity contribution in [1.82, 2.24) is 5.43 Å². The molecule has 1 N–H and O–H groups in total. The molecule has 10 nitrogen and oxygen atoms in total. The minimum atomic E-state index is -0.601. The van der Waals surface area contributed by atoms with Gasteiger partial charge in [-0.3, -0.25) is 14.9 Å². The predicted octanol–water partition coefficient (Wildman–Crippen LogP) is 3.80. The summed E-state index contributed by atoms with van der Waals surface area (Å²) in [5.74, 6) is -0.503. The molecule has 0 aliphatic heterocycles. The van der Waals surface area contributed by atoms with Crippen molar-refractivity contribution in [3.63, 3.8) is 0 Å². The van der Waals surface area contributed by atoms with Crippen molar-refractivity contribution < 1.29 is 28.7 Å². The van der Waals surface area contributed by atoms with Crippen LogP contribution in [0.1, 0.15) is 22.2 Å². The molecule has 0 aliphatic rings. The number of nitrogens with one attached hydrogen (secondary N) is 1. The van der Waals surface area contributed by atoms with Crippen LogP contribution in [0, 0.1) is 10.1 Å². The topological polar surface area (TPSA) is 129 Å². The summed E-state index contributed by atoms with van der Waals surface area (Å²) in [6.45, 7) is 1.69. The van der Waals surface area contributed by atoms with Crippen LogP contribution in [-0.4, -0.2) is 36.2 Å². The summed E-state index contributed by atoms with van der Waals surface area (Å²) in [6, 6.07) is 14.0. The lowest BCUT2D eigenvalue weighted by Crippen LogP contribution is -2.24. The van der Waals surface area contributed by atoms with Gasteiger partial charge in [0, 0.05) is 6.07 Å². The van der Waals surface area contributed by atoms with Gasteiger partial charge in [0.1, 0.15) is 4.88 Å². The third-order valence-corrected chi connectivity index (χ3v) is 4.87. The van der Waals surface area contributed by atoms with Crippen LogP contribution in [0.25, 0.3) is 0 Å². The van der Waals surface area contributed by atoms with Crippen LogP contribution in [-0.2, 0) is 4.79 Å². The Morgan fingerprint density at radius 3 is 2.64 bits per heavy atom. The first-order chi connectivity index (χ1) is 16.0. The summed E-state index contributed by atoms with van der Waals surface area (Å²) < 4.78 is 16.2. The Labute approximate surface area is 192 Å².